The van der Waals surface area contributed by atoms with Gasteiger partial charge in [-0.05, 0) is 30.7 Å². The fourth-order valence-electron chi connectivity index (χ4n) is 1.86. The van der Waals surface area contributed by atoms with Gasteiger partial charge in [-0.1, -0.05) is 41.4 Å². The quantitative estimate of drug-likeness (QED) is 0.869. The van der Waals surface area contributed by atoms with Crippen LogP contribution >= 0.6 is 23.2 Å². The molecule has 0 heterocycles. The van der Waals surface area contributed by atoms with Gasteiger partial charge in [-0.3, -0.25) is 4.72 Å². The Morgan fingerprint density at radius 3 is 2.41 bits per heavy atom. The summed E-state index contributed by atoms with van der Waals surface area (Å²) in [6, 6.07) is 8.63. The number of sulfonamides is 1. The molecular formula is C14H11Cl2NO4S. The lowest BCUT2D eigenvalue weighted by molar-refractivity contribution is 0.0698. The molecule has 0 aliphatic rings. The molecular weight excluding hydrogens is 349 g/mol. The van der Waals surface area contributed by atoms with Crippen LogP contribution in [-0.2, 0) is 10.0 Å². The van der Waals surface area contributed by atoms with Gasteiger partial charge in [0.2, 0.25) is 0 Å². The van der Waals surface area contributed by atoms with E-state index in [1.165, 1.54) is 30.3 Å². The highest BCUT2D eigenvalue weighted by Gasteiger charge is 2.23. The molecule has 2 aromatic carbocycles. The summed E-state index contributed by atoms with van der Waals surface area (Å²) in [5, 5.41) is 9.14. The zero-order valence-electron chi connectivity index (χ0n) is 11.3. The van der Waals surface area contributed by atoms with Crippen molar-refractivity contribution in [2.75, 3.05) is 4.72 Å². The Balaban J connectivity index is 2.55. The SMILES string of the molecule is Cc1cccc(C(=O)O)c1NS(=O)(=O)c1cccc(Cl)c1Cl. The van der Waals surface area contributed by atoms with Gasteiger partial charge in [-0.15, -0.1) is 0 Å². The Bertz CT molecular complexity index is 850. The van der Waals surface area contributed by atoms with Crippen molar-refractivity contribution in [1.82, 2.24) is 0 Å². The van der Waals surface area contributed by atoms with Crippen LogP contribution in [0.2, 0.25) is 10.0 Å². The van der Waals surface area contributed by atoms with Gasteiger partial charge in [-0.25, -0.2) is 13.2 Å². The Hall–Kier alpha value is -1.76. The third-order valence-corrected chi connectivity index (χ3v) is 5.27. The smallest absolute Gasteiger partial charge is 0.337 e. The second-order valence-corrected chi connectivity index (χ2v) is 6.90. The number of aromatic carboxylic acids is 1. The minimum atomic E-state index is -4.07. The maximum Gasteiger partial charge on any atom is 0.337 e. The van der Waals surface area contributed by atoms with E-state index >= 15 is 0 Å². The maximum absolute atomic E-state index is 12.5. The second kappa shape index (κ2) is 6.16. The summed E-state index contributed by atoms with van der Waals surface area (Å²) >= 11 is 11.7. The van der Waals surface area contributed by atoms with Gasteiger partial charge < -0.3 is 5.11 Å². The van der Waals surface area contributed by atoms with Crippen molar-refractivity contribution >= 4 is 44.9 Å². The van der Waals surface area contributed by atoms with Crippen LogP contribution in [0.1, 0.15) is 15.9 Å². The molecule has 0 saturated heterocycles. The van der Waals surface area contributed by atoms with Crippen LogP contribution in [0.25, 0.3) is 0 Å². The van der Waals surface area contributed by atoms with Gasteiger partial charge >= 0.3 is 5.97 Å². The standard InChI is InChI=1S/C14H11Cl2NO4S/c1-8-4-2-5-9(14(18)19)13(8)17-22(20,21)11-7-3-6-10(15)12(11)16/h2-7,17H,1H3,(H,18,19). The molecule has 0 aromatic heterocycles. The van der Waals surface area contributed by atoms with Crippen LogP contribution in [0.15, 0.2) is 41.3 Å². The molecule has 0 saturated carbocycles. The number of carboxylic acids is 1. The summed E-state index contributed by atoms with van der Waals surface area (Å²) < 4.78 is 27.2. The number of nitrogens with one attached hydrogen (secondary N) is 1. The molecule has 0 spiro atoms. The lowest BCUT2D eigenvalue weighted by Crippen LogP contribution is -2.17. The third kappa shape index (κ3) is 3.19. The summed E-state index contributed by atoms with van der Waals surface area (Å²) in [7, 11) is -4.07. The van der Waals surface area contributed by atoms with Gasteiger partial charge in [-0.2, -0.15) is 0 Å². The van der Waals surface area contributed by atoms with E-state index in [9.17, 15) is 18.3 Å². The van der Waals surface area contributed by atoms with Crippen molar-refractivity contribution in [2.45, 2.75) is 11.8 Å². The number of hydrogen-bond acceptors (Lipinski definition) is 3. The summed E-state index contributed by atoms with van der Waals surface area (Å²) in [6.45, 7) is 1.60. The zero-order chi connectivity index (χ0) is 16.5. The molecule has 0 radical (unpaired) electrons. The van der Waals surface area contributed by atoms with Crippen molar-refractivity contribution in [1.29, 1.82) is 0 Å². The minimum absolute atomic E-state index is 0.00829. The molecule has 116 valence electrons. The molecule has 2 N–H and O–H groups in total. The number of aryl methyl sites for hydroxylation is 1. The molecule has 0 bridgehead atoms. The van der Waals surface area contributed by atoms with E-state index in [4.69, 9.17) is 23.2 Å². The normalized spacial score (nSPS) is 11.2. The van der Waals surface area contributed by atoms with E-state index in [0.29, 0.717) is 5.56 Å². The predicted molar refractivity (Wildman–Crippen MR) is 85.4 cm³/mol. The van der Waals surface area contributed by atoms with Gasteiger partial charge in [0.1, 0.15) is 4.90 Å². The number of benzene rings is 2. The third-order valence-electron chi connectivity index (χ3n) is 2.95. The molecule has 0 fully saturated rings. The van der Waals surface area contributed by atoms with Gasteiger partial charge in [0.15, 0.2) is 0 Å². The lowest BCUT2D eigenvalue weighted by atomic mass is 10.1. The van der Waals surface area contributed by atoms with E-state index in [1.807, 2.05) is 0 Å². The fraction of sp³-hybridized carbons (Fsp3) is 0.0714. The monoisotopic (exact) mass is 359 g/mol. The molecule has 2 aromatic rings. The average Bonchev–Trinajstić information content (AvgIpc) is 2.43. The first kappa shape index (κ1) is 16.6. The van der Waals surface area contributed by atoms with E-state index in [-0.39, 0.29) is 26.2 Å². The number of hydrogen-bond donors (Lipinski definition) is 2. The maximum atomic E-state index is 12.5. The predicted octanol–water partition coefficient (Wildman–Crippen LogP) is 3.80. The molecule has 8 heteroatoms. The Morgan fingerprint density at radius 2 is 1.77 bits per heavy atom. The van der Waals surface area contributed by atoms with Crippen LogP contribution in [0.4, 0.5) is 5.69 Å². The summed E-state index contributed by atoms with van der Waals surface area (Å²) in [5.74, 6) is -1.24. The fourth-order valence-corrected chi connectivity index (χ4v) is 3.78. The van der Waals surface area contributed by atoms with Crippen molar-refractivity contribution in [2.24, 2.45) is 0 Å². The number of carbonyl (C=O) groups is 1. The first-order chi connectivity index (χ1) is 10.2. The second-order valence-electron chi connectivity index (χ2n) is 4.46. The van der Waals surface area contributed by atoms with Gasteiger partial charge in [0.25, 0.3) is 10.0 Å². The molecule has 22 heavy (non-hydrogen) atoms. The molecule has 0 unspecified atom stereocenters. The summed E-state index contributed by atoms with van der Waals surface area (Å²) in [5.41, 5.74) is 0.314. The first-order valence-corrected chi connectivity index (χ1v) is 8.27. The molecule has 5 nitrogen and oxygen atoms in total. The Kier molecular flexibility index (Phi) is 4.65. The minimum Gasteiger partial charge on any atom is -0.478 e. The number of carboxylic acid groups (broad SMARTS) is 1. The number of para-hydroxylation sites is 1. The summed E-state index contributed by atoms with van der Waals surface area (Å²) in [4.78, 5) is 11.0. The molecule has 0 aliphatic carbocycles. The molecule has 0 atom stereocenters. The Labute approximate surface area is 137 Å². The largest absolute Gasteiger partial charge is 0.478 e. The molecule has 0 amide bonds. The number of rotatable bonds is 4. The number of anilines is 1. The van der Waals surface area contributed by atoms with E-state index in [1.54, 1.807) is 13.0 Å². The number of halogens is 2. The van der Waals surface area contributed by atoms with Crippen molar-refractivity contribution in [3.8, 4) is 0 Å². The zero-order valence-corrected chi connectivity index (χ0v) is 13.6. The van der Waals surface area contributed by atoms with E-state index < -0.39 is 16.0 Å². The van der Waals surface area contributed by atoms with Crippen LogP contribution < -0.4 is 4.72 Å². The van der Waals surface area contributed by atoms with Crippen LogP contribution in [0.5, 0.6) is 0 Å². The van der Waals surface area contributed by atoms with Gasteiger partial charge in [0, 0.05) is 0 Å². The van der Waals surface area contributed by atoms with Crippen molar-refractivity contribution < 1.29 is 18.3 Å². The molecule has 0 aliphatic heterocycles. The highest BCUT2D eigenvalue weighted by molar-refractivity contribution is 7.92. The van der Waals surface area contributed by atoms with Crippen LogP contribution in [0, 0.1) is 6.92 Å². The molecule has 2 rings (SSSR count). The van der Waals surface area contributed by atoms with E-state index in [2.05, 4.69) is 4.72 Å². The topological polar surface area (TPSA) is 83.5 Å². The lowest BCUT2D eigenvalue weighted by Gasteiger charge is -2.14. The van der Waals surface area contributed by atoms with E-state index in [0.717, 1.165) is 0 Å². The van der Waals surface area contributed by atoms with Crippen molar-refractivity contribution in [3.63, 3.8) is 0 Å². The average molecular weight is 360 g/mol. The first-order valence-electron chi connectivity index (χ1n) is 6.04. The summed E-state index contributed by atoms with van der Waals surface area (Å²) in [6.07, 6.45) is 0. The van der Waals surface area contributed by atoms with Gasteiger partial charge in [0.05, 0.1) is 21.3 Å². The van der Waals surface area contributed by atoms with Crippen LogP contribution in [-0.4, -0.2) is 19.5 Å². The highest BCUT2D eigenvalue weighted by Crippen LogP contribution is 2.31. The van der Waals surface area contributed by atoms with Crippen molar-refractivity contribution in [3.05, 3.63) is 57.6 Å². The highest BCUT2D eigenvalue weighted by atomic mass is 35.5. The van der Waals surface area contributed by atoms with Crippen LogP contribution in [0.3, 0.4) is 0 Å². The Morgan fingerprint density at radius 1 is 1.14 bits per heavy atom.